The number of nitrogens with zero attached hydrogens (tertiary/aromatic N) is 4. The van der Waals surface area contributed by atoms with Gasteiger partial charge in [0.25, 0.3) is 0 Å². The van der Waals surface area contributed by atoms with Crippen LogP contribution in [0.3, 0.4) is 0 Å². The predicted octanol–water partition coefficient (Wildman–Crippen LogP) is 2.01. The largest absolute Gasteiger partial charge is 0.378 e. The molecular weight excluding hydrogens is 266 g/mol. The lowest BCUT2D eigenvalue weighted by molar-refractivity contribution is 0.0458. The van der Waals surface area contributed by atoms with E-state index in [2.05, 4.69) is 24.8 Å². The van der Waals surface area contributed by atoms with Crippen molar-refractivity contribution in [2.45, 2.75) is 25.9 Å². The first-order valence-electron chi connectivity index (χ1n) is 6.51. The van der Waals surface area contributed by atoms with E-state index in [9.17, 15) is 0 Å². The average Bonchev–Trinajstić information content (AvgIpc) is 2.87. The molecule has 0 amide bonds. The summed E-state index contributed by atoms with van der Waals surface area (Å²) >= 11 is 5.95. The van der Waals surface area contributed by atoms with Gasteiger partial charge < -0.3 is 14.6 Å². The van der Waals surface area contributed by atoms with Crippen LogP contribution in [-0.2, 0) is 4.74 Å². The fourth-order valence-corrected chi connectivity index (χ4v) is 2.65. The highest BCUT2D eigenvalue weighted by molar-refractivity contribution is 6.28. The Morgan fingerprint density at radius 1 is 1.42 bits per heavy atom. The lowest BCUT2D eigenvalue weighted by Crippen LogP contribution is -2.37. The molecule has 0 atom stereocenters. The van der Waals surface area contributed by atoms with Crippen molar-refractivity contribution in [1.82, 2.24) is 19.9 Å². The van der Waals surface area contributed by atoms with Crippen molar-refractivity contribution < 1.29 is 4.74 Å². The molecule has 0 unspecified atom stereocenters. The fourth-order valence-electron chi connectivity index (χ4n) is 2.49. The van der Waals surface area contributed by atoms with Gasteiger partial charge in [0, 0.05) is 19.7 Å². The average molecular weight is 282 g/mol. The van der Waals surface area contributed by atoms with Crippen molar-refractivity contribution in [1.29, 1.82) is 0 Å². The molecule has 7 heteroatoms. The molecule has 3 rings (SSSR count). The Labute approximate surface area is 116 Å². The number of hydrogen-bond acceptors (Lipinski definition) is 5. The van der Waals surface area contributed by atoms with Gasteiger partial charge in [-0.2, -0.15) is 9.97 Å². The van der Waals surface area contributed by atoms with Crippen LogP contribution in [-0.4, -0.2) is 45.7 Å². The third-order valence-corrected chi connectivity index (χ3v) is 3.55. The van der Waals surface area contributed by atoms with Crippen LogP contribution in [0.15, 0.2) is 6.33 Å². The first-order chi connectivity index (χ1) is 9.28. The van der Waals surface area contributed by atoms with Crippen LogP contribution in [0.2, 0.25) is 5.28 Å². The minimum atomic E-state index is 0.238. The van der Waals surface area contributed by atoms with Crippen LogP contribution >= 0.6 is 11.6 Å². The molecule has 0 aromatic carbocycles. The van der Waals surface area contributed by atoms with Gasteiger partial charge in [0.15, 0.2) is 11.5 Å². The molecule has 0 bridgehead atoms. The van der Waals surface area contributed by atoms with E-state index in [0.29, 0.717) is 11.8 Å². The lowest BCUT2D eigenvalue weighted by Gasteiger charge is -2.32. The number of anilines is 1. The zero-order chi connectivity index (χ0) is 13.2. The van der Waals surface area contributed by atoms with Crippen molar-refractivity contribution in [2.24, 2.45) is 0 Å². The molecule has 2 aromatic heterocycles. The maximum Gasteiger partial charge on any atom is 0.226 e. The zero-order valence-electron chi connectivity index (χ0n) is 10.8. The van der Waals surface area contributed by atoms with Crippen molar-refractivity contribution in [3.05, 3.63) is 11.6 Å². The number of aromatic nitrogens is 4. The predicted molar refractivity (Wildman–Crippen MR) is 73.6 cm³/mol. The molecule has 3 heterocycles. The van der Waals surface area contributed by atoms with Gasteiger partial charge in [-0.1, -0.05) is 0 Å². The van der Waals surface area contributed by atoms with Crippen molar-refractivity contribution in [3.63, 3.8) is 0 Å². The molecule has 0 radical (unpaired) electrons. The van der Waals surface area contributed by atoms with Crippen LogP contribution in [0.4, 0.5) is 5.82 Å². The van der Waals surface area contributed by atoms with Crippen LogP contribution in [0.1, 0.15) is 19.8 Å². The van der Waals surface area contributed by atoms with Gasteiger partial charge in [-0.15, -0.1) is 0 Å². The van der Waals surface area contributed by atoms with Crippen LogP contribution < -0.4 is 4.90 Å². The Kier molecular flexibility index (Phi) is 3.52. The summed E-state index contributed by atoms with van der Waals surface area (Å²) in [5.41, 5.74) is 1.46. The van der Waals surface area contributed by atoms with E-state index in [0.717, 1.165) is 43.9 Å². The maximum atomic E-state index is 5.95. The maximum absolute atomic E-state index is 5.95. The summed E-state index contributed by atoms with van der Waals surface area (Å²) in [6, 6.07) is 0. The lowest BCUT2D eigenvalue weighted by atomic mass is 10.1. The third kappa shape index (κ3) is 2.50. The van der Waals surface area contributed by atoms with Crippen molar-refractivity contribution in [3.8, 4) is 0 Å². The van der Waals surface area contributed by atoms with Crippen LogP contribution in [0.25, 0.3) is 11.2 Å². The molecule has 19 heavy (non-hydrogen) atoms. The first-order valence-corrected chi connectivity index (χ1v) is 6.89. The quantitative estimate of drug-likeness (QED) is 0.872. The molecule has 1 aliphatic heterocycles. The summed E-state index contributed by atoms with van der Waals surface area (Å²) in [7, 11) is 0. The molecule has 1 saturated heterocycles. The molecule has 1 fully saturated rings. The highest BCUT2D eigenvalue weighted by Crippen LogP contribution is 2.26. The van der Waals surface area contributed by atoms with E-state index in [1.807, 2.05) is 6.92 Å². The highest BCUT2D eigenvalue weighted by Gasteiger charge is 2.23. The molecule has 2 aromatic rings. The van der Waals surface area contributed by atoms with E-state index in [1.54, 1.807) is 6.33 Å². The molecule has 6 nitrogen and oxygen atoms in total. The van der Waals surface area contributed by atoms with Gasteiger partial charge in [-0.05, 0) is 31.4 Å². The summed E-state index contributed by atoms with van der Waals surface area (Å²) in [5, 5.41) is 0.238. The molecule has 0 spiro atoms. The number of H-pyrrole nitrogens is 1. The number of hydrogen-bond donors (Lipinski definition) is 1. The van der Waals surface area contributed by atoms with E-state index in [1.165, 1.54) is 0 Å². The Morgan fingerprint density at radius 3 is 2.95 bits per heavy atom. The molecule has 0 saturated carbocycles. The van der Waals surface area contributed by atoms with E-state index >= 15 is 0 Å². The second-order valence-electron chi connectivity index (χ2n) is 4.56. The number of nitrogens with one attached hydrogen (secondary N) is 1. The van der Waals surface area contributed by atoms with E-state index < -0.39 is 0 Å². The number of aromatic amines is 1. The second-order valence-corrected chi connectivity index (χ2v) is 4.90. The minimum absolute atomic E-state index is 0.238. The fraction of sp³-hybridized carbons (Fsp3) is 0.583. The van der Waals surface area contributed by atoms with Gasteiger partial charge in [-0.25, -0.2) is 4.98 Å². The summed E-state index contributed by atoms with van der Waals surface area (Å²) in [6.45, 7) is 4.62. The number of fused-ring (bicyclic) bond motifs is 1. The number of rotatable bonds is 3. The van der Waals surface area contributed by atoms with E-state index in [-0.39, 0.29) is 5.28 Å². The smallest absolute Gasteiger partial charge is 0.226 e. The molecule has 1 N–H and O–H groups in total. The monoisotopic (exact) mass is 281 g/mol. The Balaban J connectivity index is 1.83. The Hall–Kier alpha value is -1.40. The van der Waals surface area contributed by atoms with Crippen LogP contribution in [0.5, 0.6) is 0 Å². The van der Waals surface area contributed by atoms with Gasteiger partial charge in [-0.3, -0.25) is 0 Å². The summed E-state index contributed by atoms with van der Waals surface area (Å²) in [4.78, 5) is 17.9. The van der Waals surface area contributed by atoms with Gasteiger partial charge in [0.1, 0.15) is 5.52 Å². The third-order valence-electron chi connectivity index (χ3n) is 3.38. The molecule has 0 aliphatic carbocycles. The molecule has 102 valence electrons. The summed E-state index contributed by atoms with van der Waals surface area (Å²) < 4.78 is 5.66. The van der Waals surface area contributed by atoms with E-state index in [4.69, 9.17) is 16.3 Å². The number of piperidine rings is 1. The Morgan fingerprint density at radius 2 is 2.21 bits per heavy atom. The van der Waals surface area contributed by atoms with Gasteiger partial charge >= 0.3 is 0 Å². The first kappa shape index (κ1) is 12.6. The van der Waals surface area contributed by atoms with Gasteiger partial charge in [0.05, 0.1) is 12.4 Å². The SMILES string of the molecule is CCOC1CCN(c2nc(Cl)nc3nc[nH]c23)CC1. The highest BCUT2D eigenvalue weighted by atomic mass is 35.5. The number of imidazole rings is 1. The normalized spacial score (nSPS) is 17.3. The number of ether oxygens (including phenoxy) is 1. The summed E-state index contributed by atoms with van der Waals surface area (Å²) in [6.07, 6.45) is 3.98. The standard InChI is InChI=1S/C12H16ClN5O/c1-2-19-8-3-5-18(6-4-8)11-9-10(15-7-14-9)16-12(13)17-11/h7-8H,2-6H2,1H3,(H,14,15,16,17). The van der Waals surface area contributed by atoms with Crippen LogP contribution in [0, 0.1) is 0 Å². The molecular formula is C12H16ClN5O. The second kappa shape index (κ2) is 5.30. The van der Waals surface area contributed by atoms with Crippen molar-refractivity contribution >= 4 is 28.6 Å². The Bertz CT molecular complexity index is 564. The van der Waals surface area contributed by atoms with Crippen molar-refractivity contribution in [2.75, 3.05) is 24.6 Å². The zero-order valence-corrected chi connectivity index (χ0v) is 11.5. The number of halogens is 1. The van der Waals surface area contributed by atoms with Gasteiger partial charge in [0.2, 0.25) is 5.28 Å². The topological polar surface area (TPSA) is 66.9 Å². The minimum Gasteiger partial charge on any atom is -0.378 e. The summed E-state index contributed by atoms with van der Waals surface area (Å²) in [5.74, 6) is 0.836. The molecule has 1 aliphatic rings.